The number of fused-ring (bicyclic) bond motifs is 7. The summed E-state index contributed by atoms with van der Waals surface area (Å²) in [5, 5.41) is 13.1. The maximum Gasteiger partial charge on any atom is 0.159 e. The molecule has 0 spiro atoms. The Balaban J connectivity index is 1.26. The summed E-state index contributed by atoms with van der Waals surface area (Å²) >= 11 is 0. The highest BCUT2D eigenvalue weighted by Gasteiger charge is 2.28. The molecule has 1 N–H and O–H groups in total. The first-order chi connectivity index (χ1) is 24.3. The lowest BCUT2D eigenvalue weighted by Crippen LogP contribution is -2.34. The number of hydrogen-bond acceptors (Lipinski definition) is 4. The van der Waals surface area contributed by atoms with Crippen LogP contribution in [0.4, 0.5) is 0 Å². The molecular formula is C45H29N3O. The summed E-state index contributed by atoms with van der Waals surface area (Å²) in [5.74, 6) is 1.48. The van der Waals surface area contributed by atoms with E-state index in [9.17, 15) is 0 Å². The van der Waals surface area contributed by atoms with E-state index in [-0.39, 0.29) is 0 Å². The zero-order valence-electron chi connectivity index (χ0n) is 26.5. The first-order valence-corrected chi connectivity index (χ1v) is 16.6. The highest BCUT2D eigenvalue weighted by Crippen LogP contribution is 2.42. The molecule has 1 aromatic heterocycles. The maximum atomic E-state index is 6.48. The summed E-state index contributed by atoms with van der Waals surface area (Å²) in [5.41, 5.74) is 6.97. The van der Waals surface area contributed by atoms with Gasteiger partial charge in [-0.3, -0.25) is 0 Å². The average Bonchev–Trinajstić information content (AvgIpc) is 3.56. The van der Waals surface area contributed by atoms with Gasteiger partial charge < -0.3 is 9.73 Å². The normalized spacial score (nSPS) is 14.7. The number of amidine groups is 2. The number of benzene rings is 8. The summed E-state index contributed by atoms with van der Waals surface area (Å²) in [6.45, 7) is 0. The van der Waals surface area contributed by atoms with Gasteiger partial charge in [0.1, 0.15) is 23.2 Å². The van der Waals surface area contributed by atoms with Gasteiger partial charge >= 0.3 is 0 Å². The van der Waals surface area contributed by atoms with Gasteiger partial charge in [-0.25, -0.2) is 9.98 Å². The Morgan fingerprint density at radius 1 is 0.469 bits per heavy atom. The molecule has 8 aromatic carbocycles. The van der Waals surface area contributed by atoms with Crippen molar-refractivity contribution in [3.05, 3.63) is 180 Å². The van der Waals surface area contributed by atoms with E-state index >= 15 is 0 Å². The summed E-state index contributed by atoms with van der Waals surface area (Å²) in [6.07, 6.45) is -0.454. The van der Waals surface area contributed by atoms with E-state index < -0.39 is 6.17 Å². The molecule has 230 valence electrons. The molecule has 0 saturated carbocycles. The van der Waals surface area contributed by atoms with Gasteiger partial charge in [0.25, 0.3) is 0 Å². The van der Waals surface area contributed by atoms with Crippen LogP contribution < -0.4 is 5.32 Å². The van der Waals surface area contributed by atoms with Gasteiger partial charge in [-0.2, -0.15) is 0 Å². The smallest absolute Gasteiger partial charge is 0.159 e. The maximum absolute atomic E-state index is 6.48. The third kappa shape index (κ3) is 4.53. The van der Waals surface area contributed by atoms with Crippen molar-refractivity contribution in [1.29, 1.82) is 0 Å². The lowest BCUT2D eigenvalue weighted by atomic mass is 9.91. The highest BCUT2D eigenvalue weighted by atomic mass is 16.3. The van der Waals surface area contributed by atoms with Crippen LogP contribution in [-0.4, -0.2) is 11.7 Å². The number of para-hydroxylation sites is 1. The largest absolute Gasteiger partial charge is 0.456 e. The Bertz CT molecular complexity index is 2800. The van der Waals surface area contributed by atoms with Crippen LogP contribution >= 0.6 is 0 Å². The molecular weight excluding hydrogens is 599 g/mol. The van der Waals surface area contributed by atoms with Gasteiger partial charge in [-0.1, -0.05) is 146 Å². The second kappa shape index (κ2) is 11.0. The standard InChI is InChI=1S/C45H29N3O/c1-2-13-31(14-3-1)43-46-44(36-19-10-15-28-11-4-6-16-33(28)36)48-45(47-43)42-35(25-26-40-41(42)37-18-8-9-20-39(37)49-40)32-24-23-30-22-21-29-12-5-7-17-34(29)38(30)27-32/h1-27,45H,(H,46,47,48). The van der Waals surface area contributed by atoms with Crippen molar-refractivity contribution < 1.29 is 4.42 Å². The fraction of sp³-hybridized carbons (Fsp3) is 0.0222. The fourth-order valence-electron chi connectivity index (χ4n) is 7.43. The third-order valence-electron chi connectivity index (χ3n) is 9.73. The summed E-state index contributed by atoms with van der Waals surface area (Å²) in [7, 11) is 0. The van der Waals surface area contributed by atoms with E-state index in [2.05, 4.69) is 139 Å². The average molecular weight is 628 g/mol. The minimum atomic E-state index is -0.454. The molecule has 1 unspecified atom stereocenters. The second-order valence-corrected chi connectivity index (χ2v) is 12.6. The van der Waals surface area contributed by atoms with E-state index in [0.29, 0.717) is 5.84 Å². The van der Waals surface area contributed by atoms with E-state index in [1.54, 1.807) is 0 Å². The first kappa shape index (κ1) is 27.6. The van der Waals surface area contributed by atoms with Crippen molar-refractivity contribution in [1.82, 2.24) is 5.32 Å². The topological polar surface area (TPSA) is 49.9 Å². The molecule has 4 heteroatoms. The molecule has 0 aliphatic carbocycles. The van der Waals surface area contributed by atoms with Gasteiger partial charge in [0.15, 0.2) is 5.84 Å². The molecule has 1 aliphatic rings. The molecule has 1 aliphatic heterocycles. The molecule has 0 saturated heterocycles. The molecule has 9 aromatic rings. The van der Waals surface area contributed by atoms with Crippen LogP contribution in [0.25, 0.3) is 65.4 Å². The number of furan rings is 1. The van der Waals surface area contributed by atoms with Crippen molar-refractivity contribution in [2.24, 2.45) is 9.98 Å². The van der Waals surface area contributed by atoms with Crippen molar-refractivity contribution in [3.63, 3.8) is 0 Å². The van der Waals surface area contributed by atoms with E-state index in [4.69, 9.17) is 14.4 Å². The van der Waals surface area contributed by atoms with E-state index in [1.165, 1.54) is 21.5 Å². The lowest BCUT2D eigenvalue weighted by molar-refractivity contribution is 0.663. The molecule has 0 amide bonds. The molecule has 0 fully saturated rings. The van der Waals surface area contributed by atoms with Crippen LogP contribution in [-0.2, 0) is 0 Å². The second-order valence-electron chi connectivity index (χ2n) is 12.6. The lowest BCUT2D eigenvalue weighted by Gasteiger charge is -2.26. The van der Waals surface area contributed by atoms with Crippen molar-refractivity contribution in [3.8, 4) is 11.1 Å². The SMILES string of the molecule is c1ccc(C2=NC(c3c(-c4ccc5ccc6ccccc6c5c4)ccc4oc5ccccc5c34)NC(c3cccc4ccccc34)=N2)cc1. The number of aliphatic imine (C=N–C) groups is 2. The predicted molar refractivity (Wildman–Crippen MR) is 204 cm³/mol. The van der Waals surface area contributed by atoms with Crippen molar-refractivity contribution >= 4 is 65.9 Å². The quantitative estimate of drug-likeness (QED) is 0.197. The number of rotatable bonds is 4. The van der Waals surface area contributed by atoms with Crippen LogP contribution in [0, 0.1) is 0 Å². The molecule has 2 heterocycles. The minimum Gasteiger partial charge on any atom is -0.456 e. The Hall–Kier alpha value is -6.52. The zero-order valence-corrected chi connectivity index (χ0v) is 26.5. The third-order valence-corrected chi connectivity index (χ3v) is 9.73. The van der Waals surface area contributed by atoms with E-state index in [1.807, 2.05) is 30.3 Å². The van der Waals surface area contributed by atoms with Crippen molar-refractivity contribution in [2.75, 3.05) is 0 Å². The van der Waals surface area contributed by atoms with E-state index in [0.717, 1.165) is 66.4 Å². The van der Waals surface area contributed by atoms with Crippen LogP contribution in [0.15, 0.2) is 178 Å². The Morgan fingerprint density at radius 2 is 1.14 bits per heavy atom. The number of nitrogens with one attached hydrogen (secondary N) is 1. The van der Waals surface area contributed by atoms with Crippen LogP contribution in [0.3, 0.4) is 0 Å². The predicted octanol–water partition coefficient (Wildman–Crippen LogP) is 11.2. The molecule has 49 heavy (non-hydrogen) atoms. The monoisotopic (exact) mass is 627 g/mol. The molecule has 4 nitrogen and oxygen atoms in total. The molecule has 0 bridgehead atoms. The Morgan fingerprint density at radius 3 is 2.00 bits per heavy atom. The fourth-order valence-corrected chi connectivity index (χ4v) is 7.43. The van der Waals surface area contributed by atoms with Crippen LogP contribution in [0.1, 0.15) is 22.9 Å². The van der Waals surface area contributed by atoms with Gasteiger partial charge in [-0.05, 0) is 61.6 Å². The molecule has 1 atom stereocenters. The number of hydrogen-bond donors (Lipinski definition) is 1. The minimum absolute atomic E-state index is 0.454. The van der Waals surface area contributed by atoms with Crippen LogP contribution in [0.5, 0.6) is 0 Å². The van der Waals surface area contributed by atoms with Gasteiger partial charge in [-0.15, -0.1) is 0 Å². The van der Waals surface area contributed by atoms with Gasteiger partial charge in [0, 0.05) is 27.5 Å². The van der Waals surface area contributed by atoms with Gasteiger partial charge in [0.2, 0.25) is 0 Å². The molecule has 0 radical (unpaired) electrons. The first-order valence-electron chi connectivity index (χ1n) is 16.6. The van der Waals surface area contributed by atoms with Crippen LogP contribution in [0.2, 0.25) is 0 Å². The Labute approximate surface area is 282 Å². The summed E-state index contributed by atoms with van der Waals surface area (Å²) in [6, 6.07) is 57.5. The number of nitrogens with zero attached hydrogens (tertiary/aromatic N) is 2. The summed E-state index contributed by atoms with van der Waals surface area (Å²) < 4.78 is 6.48. The highest BCUT2D eigenvalue weighted by molar-refractivity contribution is 6.18. The zero-order chi connectivity index (χ0) is 32.3. The summed E-state index contributed by atoms with van der Waals surface area (Å²) in [4.78, 5) is 10.6. The van der Waals surface area contributed by atoms with Gasteiger partial charge in [0.05, 0.1) is 0 Å². The Kier molecular flexibility index (Phi) is 6.21. The molecule has 10 rings (SSSR count). The van der Waals surface area contributed by atoms with Crippen molar-refractivity contribution in [2.45, 2.75) is 6.17 Å².